The average Bonchev–Trinajstić information content (AvgIpc) is 2.47. The van der Waals surface area contributed by atoms with Crippen LogP contribution in [0.4, 0.5) is 0 Å². The Morgan fingerprint density at radius 1 is 1.64 bits per heavy atom. The van der Waals surface area contributed by atoms with Gasteiger partial charge in [-0.1, -0.05) is 6.92 Å². The molecule has 0 fully saturated rings. The predicted octanol–water partition coefficient (Wildman–Crippen LogP) is 1.54. The third-order valence-electron chi connectivity index (χ3n) is 2.48. The molecule has 1 aliphatic rings. The van der Waals surface area contributed by atoms with Crippen LogP contribution < -0.4 is 5.73 Å². The topological polar surface area (TPSA) is 41.6 Å². The highest BCUT2D eigenvalue weighted by molar-refractivity contribution is 7.99. The number of rotatable bonds is 5. The molecule has 1 rings (SSSR count). The SMILES string of the molecule is CCSCCC1CN=C(N)N1C(C)C. The summed E-state index contributed by atoms with van der Waals surface area (Å²) in [6.45, 7) is 7.43. The van der Waals surface area contributed by atoms with Crippen LogP contribution >= 0.6 is 11.8 Å². The second-order valence-corrected chi connectivity index (χ2v) is 5.23. The highest BCUT2D eigenvalue weighted by Crippen LogP contribution is 2.17. The largest absolute Gasteiger partial charge is 0.370 e. The molecule has 3 nitrogen and oxygen atoms in total. The molecular formula is C10H21N3S. The molecule has 0 spiro atoms. The lowest BCUT2D eigenvalue weighted by Gasteiger charge is -2.29. The van der Waals surface area contributed by atoms with E-state index in [9.17, 15) is 0 Å². The van der Waals surface area contributed by atoms with Gasteiger partial charge in [-0.3, -0.25) is 4.99 Å². The van der Waals surface area contributed by atoms with Crippen LogP contribution in [0.1, 0.15) is 27.2 Å². The smallest absolute Gasteiger partial charge is 0.191 e. The van der Waals surface area contributed by atoms with Gasteiger partial charge in [0.1, 0.15) is 0 Å². The van der Waals surface area contributed by atoms with Crippen molar-refractivity contribution in [3.8, 4) is 0 Å². The van der Waals surface area contributed by atoms with Gasteiger partial charge in [0.2, 0.25) is 0 Å². The van der Waals surface area contributed by atoms with Crippen LogP contribution in [0, 0.1) is 0 Å². The van der Waals surface area contributed by atoms with Crippen LogP contribution in [0.25, 0.3) is 0 Å². The fraction of sp³-hybridized carbons (Fsp3) is 0.900. The first-order valence-corrected chi connectivity index (χ1v) is 6.48. The van der Waals surface area contributed by atoms with E-state index in [1.807, 2.05) is 11.8 Å². The summed E-state index contributed by atoms with van der Waals surface area (Å²) in [5.74, 6) is 3.14. The Kier molecular flexibility index (Phi) is 4.58. The van der Waals surface area contributed by atoms with E-state index in [0.717, 1.165) is 12.5 Å². The quantitative estimate of drug-likeness (QED) is 0.707. The van der Waals surface area contributed by atoms with E-state index in [-0.39, 0.29) is 0 Å². The van der Waals surface area contributed by atoms with Gasteiger partial charge in [0, 0.05) is 6.04 Å². The summed E-state index contributed by atoms with van der Waals surface area (Å²) in [4.78, 5) is 6.56. The van der Waals surface area contributed by atoms with Crippen LogP contribution in [-0.2, 0) is 0 Å². The molecule has 82 valence electrons. The van der Waals surface area contributed by atoms with Crippen LogP contribution in [0.3, 0.4) is 0 Å². The lowest BCUT2D eigenvalue weighted by molar-refractivity contribution is 0.281. The van der Waals surface area contributed by atoms with Gasteiger partial charge in [0.05, 0.1) is 12.6 Å². The van der Waals surface area contributed by atoms with Gasteiger partial charge in [-0.2, -0.15) is 11.8 Å². The zero-order chi connectivity index (χ0) is 10.6. The van der Waals surface area contributed by atoms with Gasteiger partial charge in [-0.25, -0.2) is 0 Å². The van der Waals surface area contributed by atoms with E-state index >= 15 is 0 Å². The van der Waals surface area contributed by atoms with Crippen molar-refractivity contribution in [2.24, 2.45) is 10.7 Å². The Morgan fingerprint density at radius 3 is 2.93 bits per heavy atom. The van der Waals surface area contributed by atoms with E-state index in [1.54, 1.807) is 0 Å². The normalized spacial score (nSPS) is 21.9. The number of guanidine groups is 1. The molecule has 0 bridgehead atoms. The van der Waals surface area contributed by atoms with Crippen molar-refractivity contribution in [2.45, 2.75) is 39.3 Å². The zero-order valence-corrected chi connectivity index (χ0v) is 10.2. The number of hydrogen-bond acceptors (Lipinski definition) is 4. The molecule has 0 saturated heterocycles. The minimum absolute atomic E-state index is 0.470. The van der Waals surface area contributed by atoms with E-state index < -0.39 is 0 Å². The molecule has 0 saturated carbocycles. The standard InChI is InChI=1S/C10H21N3S/c1-4-14-6-5-9-7-12-10(11)13(9)8(2)3/h8-9H,4-7H2,1-3H3,(H2,11,12). The van der Waals surface area contributed by atoms with Crippen LogP contribution in [-0.4, -0.2) is 41.0 Å². The summed E-state index contributed by atoms with van der Waals surface area (Å²) >= 11 is 1.99. The Labute approximate surface area is 91.1 Å². The summed E-state index contributed by atoms with van der Waals surface area (Å²) in [6, 6.07) is 1.01. The van der Waals surface area contributed by atoms with Crippen LogP contribution in [0.15, 0.2) is 4.99 Å². The van der Waals surface area contributed by atoms with Crippen molar-refractivity contribution in [1.82, 2.24) is 4.90 Å². The maximum absolute atomic E-state index is 5.84. The molecule has 1 aliphatic heterocycles. The number of nitrogens with zero attached hydrogens (tertiary/aromatic N) is 2. The molecule has 1 heterocycles. The number of hydrogen-bond donors (Lipinski definition) is 1. The summed E-state index contributed by atoms with van der Waals surface area (Å²) in [5.41, 5.74) is 5.84. The molecule has 0 amide bonds. The first-order valence-electron chi connectivity index (χ1n) is 5.32. The van der Waals surface area contributed by atoms with Crippen LogP contribution in [0.2, 0.25) is 0 Å². The Morgan fingerprint density at radius 2 is 2.36 bits per heavy atom. The number of aliphatic imine (C=N–C) groups is 1. The minimum atomic E-state index is 0.470. The Balaban J connectivity index is 2.39. The highest BCUT2D eigenvalue weighted by Gasteiger charge is 2.27. The summed E-state index contributed by atoms with van der Waals surface area (Å²) < 4.78 is 0. The van der Waals surface area contributed by atoms with E-state index in [0.29, 0.717) is 12.1 Å². The summed E-state index contributed by atoms with van der Waals surface area (Å²) in [5, 5.41) is 0. The first-order chi connectivity index (χ1) is 6.66. The van der Waals surface area contributed by atoms with Gasteiger partial charge < -0.3 is 10.6 Å². The van der Waals surface area contributed by atoms with Crippen molar-refractivity contribution in [3.63, 3.8) is 0 Å². The molecule has 0 aliphatic carbocycles. The maximum Gasteiger partial charge on any atom is 0.191 e. The molecule has 0 aromatic heterocycles. The molecule has 0 radical (unpaired) electrons. The lowest BCUT2D eigenvalue weighted by atomic mass is 10.2. The molecule has 0 aromatic carbocycles. The third kappa shape index (κ3) is 2.80. The van der Waals surface area contributed by atoms with Crippen molar-refractivity contribution in [1.29, 1.82) is 0 Å². The molecular weight excluding hydrogens is 194 g/mol. The Bertz CT molecular complexity index is 204. The van der Waals surface area contributed by atoms with Gasteiger partial charge in [0.15, 0.2) is 5.96 Å². The number of thioether (sulfide) groups is 1. The van der Waals surface area contributed by atoms with Crippen molar-refractivity contribution in [3.05, 3.63) is 0 Å². The van der Waals surface area contributed by atoms with Gasteiger partial charge in [-0.15, -0.1) is 0 Å². The second kappa shape index (κ2) is 5.49. The van der Waals surface area contributed by atoms with Crippen molar-refractivity contribution < 1.29 is 0 Å². The molecule has 4 heteroatoms. The second-order valence-electron chi connectivity index (χ2n) is 3.84. The van der Waals surface area contributed by atoms with E-state index in [4.69, 9.17) is 5.73 Å². The average molecular weight is 215 g/mol. The monoisotopic (exact) mass is 215 g/mol. The van der Waals surface area contributed by atoms with E-state index in [1.165, 1.54) is 17.9 Å². The summed E-state index contributed by atoms with van der Waals surface area (Å²) in [7, 11) is 0. The molecule has 1 atom stereocenters. The fourth-order valence-electron chi connectivity index (χ4n) is 1.84. The summed E-state index contributed by atoms with van der Waals surface area (Å²) in [6.07, 6.45) is 1.20. The van der Waals surface area contributed by atoms with Gasteiger partial charge in [0.25, 0.3) is 0 Å². The van der Waals surface area contributed by atoms with Crippen molar-refractivity contribution >= 4 is 17.7 Å². The number of nitrogens with two attached hydrogens (primary N) is 1. The predicted molar refractivity (Wildman–Crippen MR) is 64.9 cm³/mol. The Hall–Kier alpha value is -0.380. The van der Waals surface area contributed by atoms with Crippen molar-refractivity contribution in [2.75, 3.05) is 18.1 Å². The van der Waals surface area contributed by atoms with Crippen LogP contribution in [0.5, 0.6) is 0 Å². The first kappa shape index (κ1) is 11.7. The zero-order valence-electron chi connectivity index (χ0n) is 9.36. The molecule has 1 unspecified atom stereocenters. The highest BCUT2D eigenvalue weighted by atomic mass is 32.2. The molecule has 14 heavy (non-hydrogen) atoms. The molecule has 0 aromatic rings. The van der Waals surface area contributed by atoms with Gasteiger partial charge in [-0.05, 0) is 31.8 Å². The lowest BCUT2D eigenvalue weighted by Crippen LogP contribution is -2.45. The minimum Gasteiger partial charge on any atom is -0.370 e. The maximum atomic E-state index is 5.84. The third-order valence-corrected chi connectivity index (χ3v) is 3.41. The van der Waals surface area contributed by atoms with E-state index in [2.05, 4.69) is 30.7 Å². The fourth-order valence-corrected chi connectivity index (χ4v) is 2.56. The van der Waals surface area contributed by atoms with Gasteiger partial charge >= 0.3 is 0 Å². The molecule has 2 N–H and O–H groups in total.